The molecule has 3 heterocycles. The van der Waals surface area contributed by atoms with E-state index in [9.17, 15) is 13.2 Å². The number of thiophene rings is 1. The fraction of sp³-hybridized carbons (Fsp3) is 0.381. The number of hydrogen-bond donors (Lipinski definition) is 1. The molecule has 3 aromatic rings. The molecule has 0 radical (unpaired) electrons. The van der Waals surface area contributed by atoms with E-state index >= 15 is 0 Å². The second-order valence-corrected chi connectivity index (χ2v) is 10.0. The van der Waals surface area contributed by atoms with Gasteiger partial charge in [-0.05, 0) is 44.9 Å². The standard InChI is InChI=1S/C21H24N4O6S2/c1-3-29-15-7-8-17(30-4-2)16(12-15)24-33(27,28)18-11-14(13-32-18)19-22-23-20(31-19)21(26)25-9-5-6-10-25/h7-8,11-13,24H,3-6,9-10H2,1-2H3. The number of rotatable bonds is 9. The van der Waals surface area contributed by atoms with Crippen molar-refractivity contribution in [3.63, 3.8) is 0 Å². The highest BCUT2D eigenvalue weighted by Gasteiger charge is 2.26. The molecule has 1 aliphatic heterocycles. The quantitative estimate of drug-likeness (QED) is 0.480. The van der Waals surface area contributed by atoms with Crippen LogP contribution in [0.3, 0.4) is 0 Å². The van der Waals surface area contributed by atoms with Crippen LogP contribution in [0.15, 0.2) is 38.3 Å². The largest absolute Gasteiger partial charge is 0.494 e. The topological polar surface area (TPSA) is 124 Å². The zero-order chi connectivity index (χ0) is 23.4. The highest BCUT2D eigenvalue weighted by molar-refractivity contribution is 7.94. The second-order valence-electron chi connectivity index (χ2n) is 7.20. The number of ether oxygens (including phenoxy) is 2. The van der Waals surface area contributed by atoms with Gasteiger partial charge in [0, 0.05) is 24.5 Å². The van der Waals surface area contributed by atoms with Gasteiger partial charge in [0.25, 0.3) is 10.0 Å². The number of aromatic nitrogens is 2. The molecule has 0 unspecified atom stereocenters. The van der Waals surface area contributed by atoms with Crippen LogP contribution in [0.5, 0.6) is 11.5 Å². The van der Waals surface area contributed by atoms with Crippen LogP contribution in [0.1, 0.15) is 37.4 Å². The Labute approximate surface area is 195 Å². The Bertz CT molecular complexity index is 1230. The van der Waals surface area contributed by atoms with Crippen LogP contribution in [0.2, 0.25) is 0 Å². The SMILES string of the molecule is CCOc1ccc(OCC)c(NS(=O)(=O)c2cc(-c3nnc(C(=O)N4CCCC4)o3)cs2)c1. The van der Waals surface area contributed by atoms with E-state index < -0.39 is 10.0 Å². The molecule has 0 atom stereocenters. The smallest absolute Gasteiger partial charge is 0.311 e. The summed E-state index contributed by atoms with van der Waals surface area (Å²) in [5.74, 6) is 0.585. The minimum absolute atomic E-state index is 0.0485. The van der Waals surface area contributed by atoms with Crippen molar-refractivity contribution in [3.05, 3.63) is 35.5 Å². The molecule has 1 amide bonds. The Kier molecular flexibility index (Phi) is 6.84. The van der Waals surface area contributed by atoms with Crippen molar-refractivity contribution in [2.24, 2.45) is 0 Å². The fourth-order valence-electron chi connectivity index (χ4n) is 3.37. The summed E-state index contributed by atoms with van der Waals surface area (Å²) >= 11 is 1.00. The van der Waals surface area contributed by atoms with Crippen LogP contribution < -0.4 is 14.2 Å². The lowest BCUT2D eigenvalue weighted by Gasteiger charge is -2.14. The number of carbonyl (C=O) groups is 1. The van der Waals surface area contributed by atoms with E-state index in [-0.39, 0.29) is 27.6 Å². The van der Waals surface area contributed by atoms with Crippen molar-refractivity contribution in [2.75, 3.05) is 31.0 Å². The Balaban J connectivity index is 1.55. The Morgan fingerprint density at radius 3 is 2.64 bits per heavy atom. The van der Waals surface area contributed by atoms with E-state index in [2.05, 4.69) is 14.9 Å². The Morgan fingerprint density at radius 2 is 1.91 bits per heavy atom. The van der Waals surface area contributed by atoms with Crippen LogP contribution >= 0.6 is 11.3 Å². The summed E-state index contributed by atoms with van der Waals surface area (Å²) in [4.78, 5) is 14.1. The molecule has 0 spiro atoms. The maximum absolute atomic E-state index is 13.0. The van der Waals surface area contributed by atoms with Gasteiger partial charge in [-0.3, -0.25) is 9.52 Å². The molecule has 4 rings (SSSR count). The zero-order valence-electron chi connectivity index (χ0n) is 18.2. The summed E-state index contributed by atoms with van der Waals surface area (Å²) in [6, 6.07) is 6.38. The number of hydrogen-bond acceptors (Lipinski definition) is 9. The number of amides is 1. The van der Waals surface area contributed by atoms with Crippen molar-refractivity contribution in [1.82, 2.24) is 15.1 Å². The first-order valence-electron chi connectivity index (χ1n) is 10.6. The first-order valence-corrected chi connectivity index (χ1v) is 12.9. The molecular formula is C21H24N4O6S2. The minimum Gasteiger partial charge on any atom is -0.494 e. The summed E-state index contributed by atoms with van der Waals surface area (Å²) in [5, 5.41) is 9.35. The van der Waals surface area contributed by atoms with Crippen LogP contribution in [0.4, 0.5) is 5.69 Å². The molecule has 1 saturated heterocycles. The normalized spacial score (nSPS) is 13.8. The number of carbonyl (C=O) groups excluding carboxylic acids is 1. The molecule has 2 aromatic heterocycles. The third kappa shape index (κ3) is 5.11. The average molecular weight is 493 g/mol. The molecule has 1 fully saturated rings. The molecule has 0 saturated carbocycles. The number of nitrogens with one attached hydrogen (secondary N) is 1. The van der Waals surface area contributed by atoms with E-state index in [0.29, 0.717) is 43.4 Å². The maximum atomic E-state index is 13.0. The second kappa shape index (κ2) is 9.79. The molecule has 1 aromatic carbocycles. The number of benzene rings is 1. The molecule has 0 bridgehead atoms. The van der Waals surface area contributed by atoms with Crippen LogP contribution in [0.25, 0.3) is 11.5 Å². The number of likely N-dealkylation sites (tertiary alicyclic amines) is 1. The predicted molar refractivity (Wildman–Crippen MR) is 122 cm³/mol. The third-order valence-electron chi connectivity index (χ3n) is 4.89. The fourth-order valence-corrected chi connectivity index (χ4v) is 5.59. The third-order valence-corrected chi connectivity index (χ3v) is 7.70. The van der Waals surface area contributed by atoms with Crippen molar-refractivity contribution < 1.29 is 27.1 Å². The van der Waals surface area contributed by atoms with Gasteiger partial charge in [0.1, 0.15) is 15.7 Å². The van der Waals surface area contributed by atoms with Gasteiger partial charge in [-0.15, -0.1) is 21.5 Å². The van der Waals surface area contributed by atoms with Crippen LogP contribution in [-0.4, -0.2) is 55.7 Å². The van der Waals surface area contributed by atoms with Gasteiger partial charge in [0.05, 0.1) is 24.5 Å². The van der Waals surface area contributed by atoms with E-state index in [1.165, 1.54) is 6.07 Å². The highest BCUT2D eigenvalue weighted by atomic mass is 32.2. The van der Waals surface area contributed by atoms with Crippen LogP contribution in [0, 0.1) is 0 Å². The molecule has 33 heavy (non-hydrogen) atoms. The molecule has 10 nitrogen and oxygen atoms in total. The first kappa shape index (κ1) is 23.1. The number of anilines is 1. The van der Waals surface area contributed by atoms with E-state index in [1.54, 1.807) is 28.5 Å². The van der Waals surface area contributed by atoms with E-state index in [1.807, 2.05) is 13.8 Å². The zero-order valence-corrected chi connectivity index (χ0v) is 19.9. The summed E-state index contributed by atoms with van der Waals surface area (Å²) in [6.07, 6.45) is 1.90. The molecule has 1 N–H and O–H groups in total. The van der Waals surface area contributed by atoms with Gasteiger partial charge >= 0.3 is 11.8 Å². The minimum atomic E-state index is -3.93. The lowest BCUT2D eigenvalue weighted by atomic mass is 10.3. The van der Waals surface area contributed by atoms with Gasteiger partial charge in [-0.2, -0.15) is 0 Å². The molecular weight excluding hydrogens is 468 g/mol. The number of nitrogens with zero attached hydrogens (tertiary/aromatic N) is 3. The lowest BCUT2D eigenvalue weighted by Crippen LogP contribution is -2.27. The highest BCUT2D eigenvalue weighted by Crippen LogP contribution is 2.34. The van der Waals surface area contributed by atoms with E-state index in [4.69, 9.17) is 13.9 Å². The summed E-state index contributed by atoms with van der Waals surface area (Å²) in [6.45, 7) is 5.81. The van der Waals surface area contributed by atoms with Crippen molar-refractivity contribution in [2.45, 2.75) is 30.9 Å². The summed E-state index contributed by atoms with van der Waals surface area (Å²) in [5.41, 5.74) is 0.690. The van der Waals surface area contributed by atoms with Gasteiger partial charge in [-0.1, -0.05) is 0 Å². The maximum Gasteiger partial charge on any atom is 0.311 e. The van der Waals surface area contributed by atoms with Crippen molar-refractivity contribution in [3.8, 4) is 23.0 Å². The van der Waals surface area contributed by atoms with Crippen LogP contribution in [-0.2, 0) is 10.0 Å². The van der Waals surface area contributed by atoms with Crippen molar-refractivity contribution in [1.29, 1.82) is 0 Å². The Morgan fingerprint density at radius 1 is 1.15 bits per heavy atom. The molecule has 1 aliphatic rings. The lowest BCUT2D eigenvalue weighted by molar-refractivity contribution is 0.0754. The monoisotopic (exact) mass is 492 g/mol. The van der Waals surface area contributed by atoms with Gasteiger partial charge in [-0.25, -0.2) is 8.42 Å². The van der Waals surface area contributed by atoms with Crippen molar-refractivity contribution >= 4 is 33.0 Å². The summed E-state index contributed by atoms with van der Waals surface area (Å²) < 4.78 is 45.2. The Hall–Kier alpha value is -3.12. The molecule has 12 heteroatoms. The van der Waals surface area contributed by atoms with Gasteiger partial charge in [0.2, 0.25) is 5.89 Å². The summed E-state index contributed by atoms with van der Waals surface area (Å²) in [7, 11) is -3.93. The molecule has 0 aliphatic carbocycles. The van der Waals surface area contributed by atoms with Gasteiger partial charge in [0.15, 0.2) is 0 Å². The van der Waals surface area contributed by atoms with E-state index in [0.717, 1.165) is 24.2 Å². The number of sulfonamides is 1. The average Bonchev–Trinajstić information content (AvgIpc) is 3.56. The first-order chi connectivity index (χ1) is 15.9. The van der Waals surface area contributed by atoms with Gasteiger partial charge < -0.3 is 18.8 Å². The molecule has 176 valence electrons. The predicted octanol–water partition coefficient (Wildman–Crippen LogP) is 3.63.